The second-order valence-electron chi connectivity index (χ2n) is 4.83. The number of alkyl halides is 3. The highest BCUT2D eigenvalue weighted by Gasteiger charge is 2.37. The minimum absolute atomic E-state index is 0.302. The van der Waals surface area contributed by atoms with Crippen molar-refractivity contribution in [2.45, 2.75) is 31.0 Å². The Bertz CT molecular complexity index is 716. The molecule has 9 heteroatoms. The van der Waals surface area contributed by atoms with Crippen LogP contribution in [0, 0.1) is 6.92 Å². The van der Waals surface area contributed by atoms with Gasteiger partial charge in [-0.3, -0.25) is 4.79 Å². The zero-order valence-electron chi connectivity index (χ0n) is 12.6. The lowest BCUT2D eigenvalue weighted by atomic mass is 10.1. The molecule has 1 aromatic carbocycles. The van der Waals surface area contributed by atoms with Crippen molar-refractivity contribution in [1.29, 1.82) is 0 Å². The van der Waals surface area contributed by atoms with Gasteiger partial charge in [0.25, 0.3) is 11.7 Å². The maximum Gasteiger partial charge on any atom is 0.455 e. The van der Waals surface area contributed by atoms with E-state index in [-0.39, 0.29) is 5.89 Å². The highest BCUT2D eigenvalue weighted by Crippen LogP contribution is 2.27. The van der Waals surface area contributed by atoms with E-state index in [2.05, 4.69) is 20.0 Å². The summed E-state index contributed by atoms with van der Waals surface area (Å²) in [5.74, 6) is -2.09. The summed E-state index contributed by atoms with van der Waals surface area (Å²) in [5, 5.41) is 5.43. The van der Waals surface area contributed by atoms with Crippen LogP contribution in [0.15, 0.2) is 27.6 Å². The van der Waals surface area contributed by atoms with E-state index in [1.54, 1.807) is 19.1 Å². The molecule has 0 aliphatic heterocycles. The van der Waals surface area contributed by atoms with Crippen molar-refractivity contribution in [2.75, 3.05) is 6.26 Å². The molecule has 1 N–H and O–H groups in total. The Balaban J connectivity index is 2.15. The van der Waals surface area contributed by atoms with Crippen LogP contribution < -0.4 is 5.32 Å². The Kier molecular flexibility index (Phi) is 4.98. The molecular formula is C14H14F3N3O2S. The van der Waals surface area contributed by atoms with E-state index in [0.29, 0.717) is 5.56 Å². The first kappa shape index (κ1) is 17.3. The molecule has 2 rings (SSSR count). The summed E-state index contributed by atoms with van der Waals surface area (Å²) < 4.78 is 41.9. The van der Waals surface area contributed by atoms with Gasteiger partial charge in [0.2, 0.25) is 5.89 Å². The molecule has 5 nitrogen and oxygen atoms in total. The second kappa shape index (κ2) is 6.61. The molecule has 0 spiro atoms. The average molecular weight is 345 g/mol. The number of aryl methyl sites for hydroxylation is 1. The summed E-state index contributed by atoms with van der Waals surface area (Å²) in [6.07, 6.45) is -2.80. The monoisotopic (exact) mass is 345 g/mol. The number of halogens is 3. The van der Waals surface area contributed by atoms with Crippen LogP contribution in [0.25, 0.3) is 0 Å². The van der Waals surface area contributed by atoms with Crippen LogP contribution in [-0.2, 0) is 6.18 Å². The molecule has 1 heterocycles. The number of hydrogen-bond acceptors (Lipinski definition) is 5. The fourth-order valence-corrected chi connectivity index (χ4v) is 2.27. The van der Waals surface area contributed by atoms with Crippen LogP contribution in [0.4, 0.5) is 13.2 Å². The lowest BCUT2D eigenvalue weighted by molar-refractivity contribution is -0.146. The van der Waals surface area contributed by atoms with Gasteiger partial charge in [0, 0.05) is 10.5 Å². The summed E-state index contributed by atoms with van der Waals surface area (Å²) in [5.41, 5.74) is 1.20. The summed E-state index contributed by atoms with van der Waals surface area (Å²) in [4.78, 5) is 16.5. The number of aromatic nitrogens is 2. The van der Waals surface area contributed by atoms with Gasteiger partial charge in [0.1, 0.15) is 6.04 Å². The van der Waals surface area contributed by atoms with Crippen LogP contribution in [-0.4, -0.2) is 22.3 Å². The molecule has 0 fully saturated rings. The smallest absolute Gasteiger partial charge is 0.341 e. The van der Waals surface area contributed by atoms with Crippen molar-refractivity contribution in [2.24, 2.45) is 0 Å². The van der Waals surface area contributed by atoms with E-state index >= 15 is 0 Å². The zero-order valence-corrected chi connectivity index (χ0v) is 13.4. The summed E-state index contributed by atoms with van der Waals surface area (Å²) in [6.45, 7) is 3.25. The fourth-order valence-electron chi connectivity index (χ4n) is 1.84. The first-order chi connectivity index (χ1) is 10.7. The first-order valence-corrected chi connectivity index (χ1v) is 7.81. The second-order valence-corrected chi connectivity index (χ2v) is 5.71. The lowest BCUT2D eigenvalue weighted by Crippen LogP contribution is -2.27. The third-order valence-electron chi connectivity index (χ3n) is 3.10. The fraction of sp³-hybridized carbons (Fsp3) is 0.357. The average Bonchev–Trinajstić information content (AvgIpc) is 2.97. The van der Waals surface area contributed by atoms with Crippen molar-refractivity contribution in [3.8, 4) is 0 Å². The van der Waals surface area contributed by atoms with E-state index in [0.717, 1.165) is 10.5 Å². The van der Waals surface area contributed by atoms with E-state index in [1.165, 1.54) is 18.7 Å². The van der Waals surface area contributed by atoms with Gasteiger partial charge in [-0.15, -0.1) is 11.8 Å². The molecule has 23 heavy (non-hydrogen) atoms. The Morgan fingerprint density at radius 1 is 1.39 bits per heavy atom. The lowest BCUT2D eigenvalue weighted by Gasteiger charge is -2.12. The number of nitrogens with one attached hydrogen (secondary N) is 1. The number of hydrogen-bond donors (Lipinski definition) is 1. The molecular weight excluding hydrogens is 331 g/mol. The first-order valence-electron chi connectivity index (χ1n) is 6.58. The predicted octanol–water partition coefficient (Wildman–Crippen LogP) is 3.61. The quantitative estimate of drug-likeness (QED) is 0.858. The van der Waals surface area contributed by atoms with Crippen LogP contribution in [0.5, 0.6) is 0 Å². The van der Waals surface area contributed by atoms with Crippen LogP contribution in [0.1, 0.15) is 40.6 Å². The Hall–Kier alpha value is -2.03. The standard InChI is InChI=1S/C14H14F3N3O2S/c1-7-4-5-9(23-3)6-10(7)11(21)18-8(2)12-19-13(20-22-12)14(15,16)17/h4-6,8H,1-3H3,(H,18,21). The number of carbonyl (C=O) groups is 1. The van der Waals surface area contributed by atoms with Gasteiger partial charge >= 0.3 is 6.18 Å². The van der Waals surface area contributed by atoms with E-state index < -0.39 is 23.9 Å². The highest BCUT2D eigenvalue weighted by molar-refractivity contribution is 7.98. The molecule has 0 bridgehead atoms. The van der Waals surface area contributed by atoms with Crippen molar-refractivity contribution >= 4 is 17.7 Å². The van der Waals surface area contributed by atoms with Crippen LogP contribution >= 0.6 is 11.8 Å². The number of rotatable bonds is 4. The molecule has 0 radical (unpaired) electrons. The van der Waals surface area contributed by atoms with Gasteiger partial charge in [-0.05, 0) is 37.8 Å². The molecule has 1 unspecified atom stereocenters. The number of amides is 1. The van der Waals surface area contributed by atoms with Crippen molar-refractivity contribution in [3.05, 3.63) is 41.0 Å². The normalized spacial score (nSPS) is 13.0. The Labute approximate surface area is 134 Å². The molecule has 0 saturated heterocycles. The number of benzene rings is 1. The molecule has 0 aliphatic carbocycles. The maximum atomic E-state index is 12.5. The molecule has 0 aliphatic rings. The highest BCUT2D eigenvalue weighted by atomic mass is 32.2. The Morgan fingerprint density at radius 2 is 2.09 bits per heavy atom. The van der Waals surface area contributed by atoms with E-state index in [9.17, 15) is 18.0 Å². The summed E-state index contributed by atoms with van der Waals surface area (Å²) in [6, 6.07) is 4.56. The summed E-state index contributed by atoms with van der Waals surface area (Å²) >= 11 is 1.48. The number of thioether (sulfide) groups is 1. The van der Waals surface area contributed by atoms with E-state index in [4.69, 9.17) is 0 Å². The number of nitrogens with zero attached hydrogens (tertiary/aromatic N) is 2. The van der Waals surface area contributed by atoms with Gasteiger partial charge in [-0.2, -0.15) is 18.2 Å². The van der Waals surface area contributed by atoms with Gasteiger partial charge in [-0.25, -0.2) is 0 Å². The minimum Gasteiger partial charge on any atom is -0.341 e. The molecule has 1 aromatic heterocycles. The zero-order chi connectivity index (χ0) is 17.2. The van der Waals surface area contributed by atoms with E-state index in [1.807, 2.05) is 12.3 Å². The molecule has 124 valence electrons. The van der Waals surface area contributed by atoms with Gasteiger partial charge in [-0.1, -0.05) is 11.2 Å². The van der Waals surface area contributed by atoms with Gasteiger partial charge in [0.15, 0.2) is 0 Å². The molecule has 1 atom stereocenters. The molecule has 1 amide bonds. The van der Waals surface area contributed by atoms with Crippen LogP contribution in [0.3, 0.4) is 0 Å². The largest absolute Gasteiger partial charge is 0.455 e. The molecule has 0 saturated carbocycles. The topological polar surface area (TPSA) is 68.0 Å². The SMILES string of the molecule is CSc1ccc(C)c(C(=O)NC(C)c2nc(C(F)(F)F)no2)c1. The minimum atomic E-state index is -4.69. The van der Waals surface area contributed by atoms with Crippen molar-refractivity contribution in [3.63, 3.8) is 0 Å². The summed E-state index contributed by atoms with van der Waals surface area (Å²) in [7, 11) is 0. The third kappa shape index (κ3) is 4.04. The number of carbonyl (C=O) groups excluding carboxylic acids is 1. The Morgan fingerprint density at radius 3 is 2.65 bits per heavy atom. The third-order valence-corrected chi connectivity index (χ3v) is 3.83. The van der Waals surface area contributed by atoms with Crippen molar-refractivity contribution in [1.82, 2.24) is 15.5 Å². The van der Waals surface area contributed by atoms with Crippen LogP contribution in [0.2, 0.25) is 0 Å². The van der Waals surface area contributed by atoms with Gasteiger partial charge < -0.3 is 9.84 Å². The molecule has 2 aromatic rings. The predicted molar refractivity (Wildman–Crippen MR) is 78.1 cm³/mol. The van der Waals surface area contributed by atoms with Crippen molar-refractivity contribution < 1.29 is 22.5 Å². The van der Waals surface area contributed by atoms with Gasteiger partial charge in [0.05, 0.1) is 0 Å². The maximum absolute atomic E-state index is 12.5.